The van der Waals surface area contributed by atoms with Gasteiger partial charge >= 0.3 is 0 Å². The average Bonchev–Trinajstić information content (AvgIpc) is 3.10. The predicted molar refractivity (Wildman–Crippen MR) is 84.9 cm³/mol. The second-order valence-electron chi connectivity index (χ2n) is 5.63. The quantitative estimate of drug-likeness (QED) is 0.862. The summed E-state index contributed by atoms with van der Waals surface area (Å²) in [6.45, 7) is 3.33. The molecule has 20 heavy (non-hydrogen) atoms. The van der Waals surface area contributed by atoms with Gasteiger partial charge in [0.25, 0.3) is 0 Å². The van der Waals surface area contributed by atoms with Crippen molar-refractivity contribution >= 4 is 11.3 Å². The molecule has 0 saturated carbocycles. The summed E-state index contributed by atoms with van der Waals surface area (Å²) in [5.41, 5.74) is 2.32. The van der Waals surface area contributed by atoms with E-state index in [1.807, 2.05) is 6.07 Å². The molecule has 2 aromatic rings. The predicted octanol–water partition coefficient (Wildman–Crippen LogP) is 2.95. The van der Waals surface area contributed by atoms with E-state index in [-0.39, 0.29) is 0 Å². The standard InChI is InChI=1S/C16H21N3S/c1-18(2)14-8-9-19(10-14)11-16-17-15(12-20-16)13-6-4-3-5-7-13/h3-7,12,14H,8-11H2,1-2H3. The van der Waals surface area contributed by atoms with Gasteiger partial charge in [-0.1, -0.05) is 30.3 Å². The highest BCUT2D eigenvalue weighted by molar-refractivity contribution is 7.09. The molecule has 3 nitrogen and oxygen atoms in total. The van der Waals surface area contributed by atoms with E-state index in [2.05, 4.69) is 53.5 Å². The molecule has 3 rings (SSSR count). The molecule has 1 aromatic carbocycles. The third-order valence-corrected chi connectivity index (χ3v) is 4.79. The number of aromatic nitrogens is 1. The number of benzene rings is 1. The van der Waals surface area contributed by atoms with Crippen LogP contribution in [-0.4, -0.2) is 48.0 Å². The second kappa shape index (κ2) is 6.04. The van der Waals surface area contributed by atoms with Gasteiger partial charge in [-0.25, -0.2) is 4.98 Å². The maximum Gasteiger partial charge on any atom is 0.107 e. The maximum atomic E-state index is 4.78. The maximum absolute atomic E-state index is 4.78. The number of likely N-dealkylation sites (tertiary alicyclic amines) is 1. The van der Waals surface area contributed by atoms with Crippen molar-refractivity contribution in [2.45, 2.75) is 19.0 Å². The number of hydrogen-bond donors (Lipinski definition) is 0. The van der Waals surface area contributed by atoms with E-state index in [1.165, 1.54) is 23.5 Å². The molecular weight excluding hydrogens is 266 g/mol. The van der Waals surface area contributed by atoms with E-state index in [9.17, 15) is 0 Å². The van der Waals surface area contributed by atoms with Gasteiger partial charge in [-0.05, 0) is 20.5 Å². The molecule has 0 amide bonds. The van der Waals surface area contributed by atoms with Gasteiger partial charge in [-0.15, -0.1) is 11.3 Å². The van der Waals surface area contributed by atoms with Crippen LogP contribution in [0.4, 0.5) is 0 Å². The van der Waals surface area contributed by atoms with Crippen LogP contribution >= 0.6 is 11.3 Å². The van der Waals surface area contributed by atoms with E-state index in [1.54, 1.807) is 11.3 Å². The largest absolute Gasteiger partial charge is 0.305 e. The smallest absolute Gasteiger partial charge is 0.107 e. The summed E-state index contributed by atoms with van der Waals surface area (Å²) in [6, 6.07) is 11.1. The highest BCUT2D eigenvalue weighted by Crippen LogP contribution is 2.24. The molecule has 0 N–H and O–H groups in total. The molecule has 1 aromatic heterocycles. The Hall–Kier alpha value is -1.23. The summed E-state index contributed by atoms with van der Waals surface area (Å²) in [6.07, 6.45) is 1.27. The van der Waals surface area contributed by atoms with Crippen LogP contribution in [0, 0.1) is 0 Å². The van der Waals surface area contributed by atoms with Gasteiger partial charge in [0.1, 0.15) is 5.01 Å². The molecule has 1 unspecified atom stereocenters. The Labute approximate surface area is 124 Å². The summed E-state index contributed by atoms with van der Waals surface area (Å²) >= 11 is 1.77. The fourth-order valence-corrected chi connectivity index (χ4v) is 3.54. The van der Waals surface area contributed by atoms with Gasteiger partial charge < -0.3 is 4.90 Å². The first-order chi connectivity index (χ1) is 9.72. The molecule has 1 aliphatic heterocycles. The molecule has 1 fully saturated rings. The van der Waals surface area contributed by atoms with Crippen LogP contribution in [0.25, 0.3) is 11.3 Å². The minimum atomic E-state index is 0.698. The Balaban J connectivity index is 1.64. The topological polar surface area (TPSA) is 19.4 Å². The van der Waals surface area contributed by atoms with E-state index in [0.717, 1.165) is 18.8 Å². The lowest BCUT2D eigenvalue weighted by atomic mass is 10.2. The van der Waals surface area contributed by atoms with Crippen molar-refractivity contribution < 1.29 is 0 Å². The van der Waals surface area contributed by atoms with Gasteiger partial charge in [-0.3, -0.25) is 4.90 Å². The van der Waals surface area contributed by atoms with Crippen molar-refractivity contribution in [2.24, 2.45) is 0 Å². The molecule has 2 heterocycles. The summed E-state index contributed by atoms with van der Waals surface area (Å²) < 4.78 is 0. The minimum Gasteiger partial charge on any atom is -0.305 e. The first-order valence-electron chi connectivity index (χ1n) is 7.11. The van der Waals surface area contributed by atoms with Crippen molar-refractivity contribution in [2.75, 3.05) is 27.2 Å². The lowest BCUT2D eigenvalue weighted by Gasteiger charge is -2.19. The number of likely N-dealkylation sites (N-methyl/N-ethyl adjacent to an activating group) is 1. The number of rotatable bonds is 4. The Morgan fingerprint density at radius 2 is 2.10 bits per heavy atom. The first kappa shape index (κ1) is 13.7. The monoisotopic (exact) mass is 287 g/mol. The summed E-state index contributed by atoms with van der Waals surface area (Å²) in [5.74, 6) is 0. The second-order valence-corrected chi connectivity index (χ2v) is 6.58. The first-order valence-corrected chi connectivity index (χ1v) is 7.99. The van der Waals surface area contributed by atoms with Crippen LogP contribution in [0.1, 0.15) is 11.4 Å². The molecule has 1 saturated heterocycles. The molecule has 106 valence electrons. The molecule has 1 aliphatic rings. The summed E-state index contributed by atoms with van der Waals surface area (Å²) in [5, 5.41) is 3.40. The Kier molecular flexibility index (Phi) is 4.15. The third-order valence-electron chi connectivity index (χ3n) is 3.96. The Morgan fingerprint density at radius 3 is 2.80 bits per heavy atom. The highest BCUT2D eigenvalue weighted by atomic mass is 32.1. The SMILES string of the molecule is CN(C)C1CCN(Cc2nc(-c3ccccc3)cs2)C1. The normalized spacial score (nSPS) is 19.9. The summed E-state index contributed by atoms with van der Waals surface area (Å²) in [7, 11) is 4.34. The summed E-state index contributed by atoms with van der Waals surface area (Å²) in [4.78, 5) is 9.62. The van der Waals surface area contributed by atoms with E-state index < -0.39 is 0 Å². The third kappa shape index (κ3) is 3.08. The van der Waals surface area contributed by atoms with Crippen molar-refractivity contribution in [3.8, 4) is 11.3 Å². The van der Waals surface area contributed by atoms with Crippen LogP contribution < -0.4 is 0 Å². The zero-order valence-corrected chi connectivity index (χ0v) is 12.9. The Morgan fingerprint density at radius 1 is 1.30 bits per heavy atom. The van der Waals surface area contributed by atoms with Crippen LogP contribution in [0.5, 0.6) is 0 Å². The van der Waals surface area contributed by atoms with Gasteiger partial charge in [0, 0.05) is 30.1 Å². The lowest BCUT2D eigenvalue weighted by molar-refractivity contribution is 0.264. The van der Waals surface area contributed by atoms with E-state index in [4.69, 9.17) is 4.98 Å². The average molecular weight is 287 g/mol. The van der Waals surface area contributed by atoms with Crippen LogP contribution in [0.15, 0.2) is 35.7 Å². The molecule has 0 radical (unpaired) electrons. The molecule has 0 spiro atoms. The Bertz CT molecular complexity index is 550. The molecule has 4 heteroatoms. The zero-order valence-electron chi connectivity index (χ0n) is 12.1. The van der Waals surface area contributed by atoms with Gasteiger partial charge in [0.15, 0.2) is 0 Å². The van der Waals surface area contributed by atoms with E-state index in [0.29, 0.717) is 6.04 Å². The molecule has 0 aliphatic carbocycles. The fourth-order valence-electron chi connectivity index (χ4n) is 2.69. The number of hydrogen-bond acceptors (Lipinski definition) is 4. The van der Waals surface area contributed by atoms with Crippen molar-refractivity contribution in [1.29, 1.82) is 0 Å². The number of thiazole rings is 1. The molecular formula is C16H21N3S. The van der Waals surface area contributed by atoms with Crippen LogP contribution in [0.3, 0.4) is 0 Å². The van der Waals surface area contributed by atoms with Crippen LogP contribution in [0.2, 0.25) is 0 Å². The van der Waals surface area contributed by atoms with Crippen molar-refractivity contribution in [1.82, 2.24) is 14.8 Å². The molecule has 1 atom stereocenters. The van der Waals surface area contributed by atoms with Gasteiger partial charge in [0.2, 0.25) is 0 Å². The molecule has 0 bridgehead atoms. The zero-order chi connectivity index (χ0) is 13.9. The lowest BCUT2D eigenvalue weighted by Crippen LogP contribution is -2.31. The fraction of sp³-hybridized carbons (Fsp3) is 0.438. The highest BCUT2D eigenvalue weighted by Gasteiger charge is 2.24. The minimum absolute atomic E-state index is 0.698. The van der Waals surface area contributed by atoms with Crippen LogP contribution in [-0.2, 0) is 6.54 Å². The van der Waals surface area contributed by atoms with Gasteiger partial charge in [-0.2, -0.15) is 0 Å². The van der Waals surface area contributed by atoms with E-state index >= 15 is 0 Å². The van der Waals surface area contributed by atoms with Crippen molar-refractivity contribution in [3.05, 3.63) is 40.7 Å². The van der Waals surface area contributed by atoms with Gasteiger partial charge in [0.05, 0.1) is 12.2 Å². The van der Waals surface area contributed by atoms with Crippen molar-refractivity contribution in [3.63, 3.8) is 0 Å². The number of nitrogens with zero attached hydrogens (tertiary/aromatic N) is 3.